The largest absolute Gasteiger partial charge is 0.310 e. The molecule has 124 valence electrons. The average molecular weight is 321 g/mol. The van der Waals surface area contributed by atoms with Crippen molar-refractivity contribution in [2.75, 3.05) is 7.05 Å². The second kappa shape index (κ2) is 8.95. The first-order valence-electron chi connectivity index (χ1n) is 8.87. The van der Waals surface area contributed by atoms with Crippen LogP contribution in [0.25, 0.3) is 0 Å². The normalized spacial score (nSPS) is 20.4. The van der Waals surface area contributed by atoms with Crippen molar-refractivity contribution in [1.29, 1.82) is 0 Å². The van der Waals surface area contributed by atoms with Crippen LogP contribution in [0.1, 0.15) is 64.4 Å². The highest BCUT2D eigenvalue weighted by molar-refractivity contribution is 7.97. The topological polar surface area (TPSA) is 24.1 Å². The van der Waals surface area contributed by atoms with Crippen LogP contribution in [0.4, 0.5) is 0 Å². The molecule has 1 aliphatic carbocycles. The molecule has 22 heavy (non-hydrogen) atoms. The minimum Gasteiger partial charge on any atom is -0.310 e. The molecule has 3 heteroatoms. The smallest absolute Gasteiger partial charge is 0.0231 e. The van der Waals surface area contributed by atoms with Gasteiger partial charge in [-0.25, -0.2) is 0 Å². The Hall–Kier alpha value is -0.510. The van der Waals surface area contributed by atoms with Crippen LogP contribution in [-0.4, -0.2) is 13.1 Å². The first-order chi connectivity index (χ1) is 10.7. The van der Waals surface area contributed by atoms with Gasteiger partial charge in [0.2, 0.25) is 0 Å². The fraction of sp³-hybridized carbons (Fsp3) is 0.684. The van der Waals surface area contributed by atoms with E-state index in [1.807, 2.05) is 7.05 Å². The van der Waals surface area contributed by atoms with Crippen LogP contribution >= 0.6 is 11.9 Å². The summed E-state index contributed by atoms with van der Waals surface area (Å²) in [4.78, 5) is 1.29. The molecule has 2 N–H and O–H groups in total. The number of hydrogen-bond acceptors (Lipinski definition) is 3. The van der Waals surface area contributed by atoms with Crippen molar-refractivity contribution < 1.29 is 0 Å². The first-order valence-corrected chi connectivity index (χ1v) is 9.69. The summed E-state index contributed by atoms with van der Waals surface area (Å²) in [6.07, 6.45) is 9.62. The number of nitrogens with one attached hydrogen (secondary N) is 2. The molecular formula is C19H32N2S. The summed E-state index contributed by atoms with van der Waals surface area (Å²) in [5, 5.41) is 3.81. The van der Waals surface area contributed by atoms with Crippen LogP contribution in [0.2, 0.25) is 0 Å². The molecule has 0 amide bonds. The van der Waals surface area contributed by atoms with E-state index in [-0.39, 0.29) is 0 Å². The zero-order chi connectivity index (χ0) is 15.8. The Morgan fingerprint density at radius 2 is 2.00 bits per heavy atom. The molecular weight excluding hydrogens is 288 g/mol. The maximum Gasteiger partial charge on any atom is 0.0231 e. The molecule has 1 atom stereocenters. The fourth-order valence-corrected chi connectivity index (χ4v) is 4.71. The lowest BCUT2D eigenvalue weighted by atomic mass is 9.77. The summed E-state index contributed by atoms with van der Waals surface area (Å²) < 4.78 is 3.14. The maximum atomic E-state index is 3.81. The zero-order valence-corrected chi connectivity index (χ0v) is 15.3. The predicted molar refractivity (Wildman–Crippen MR) is 98.1 cm³/mol. The lowest BCUT2D eigenvalue weighted by Gasteiger charge is -2.29. The van der Waals surface area contributed by atoms with Gasteiger partial charge in [-0.2, -0.15) is 0 Å². The Kier molecular flexibility index (Phi) is 7.26. The lowest BCUT2D eigenvalue weighted by molar-refractivity contribution is 0.235. The maximum absolute atomic E-state index is 3.81. The number of rotatable bonds is 9. The second-order valence-electron chi connectivity index (χ2n) is 6.77. The van der Waals surface area contributed by atoms with Gasteiger partial charge in [0.05, 0.1) is 0 Å². The quantitative estimate of drug-likeness (QED) is 0.616. The zero-order valence-electron chi connectivity index (χ0n) is 14.5. The van der Waals surface area contributed by atoms with E-state index in [0.29, 0.717) is 11.5 Å². The number of hydrogen-bond donors (Lipinski definition) is 2. The summed E-state index contributed by atoms with van der Waals surface area (Å²) in [6, 6.07) is 9.54. The van der Waals surface area contributed by atoms with Crippen molar-refractivity contribution in [3.8, 4) is 0 Å². The van der Waals surface area contributed by atoms with E-state index in [2.05, 4.69) is 48.2 Å². The summed E-state index contributed by atoms with van der Waals surface area (Å²) in [6.45, 7) is 5.67. The Balaban J connectivity index is 1.86. The highest BCUT2D eigenvalue weighted by Gasteiger charge is 2.37. The molecule has 1 unspecified atom stereocenters. The highest BCUT2D eigenvalue weighted by atomic mass is 32.2. The molecule has 0 heterocycles. The van der Waals surface area contributed by atoms with Crippen molar-refractivity contribution in [2.24, 2.45) is 5.41 Å². The van der Waals surface area contributed by atoms with Crippen molar-refractivity contribution in [3.63, 3.8) is 0 Å². The Morgan fingerprint density at radius 3 is 2.68 bits per heavy atom. The van der Waals surface area contributed by atoms with Gasteiger partial charge < -0.3 is 5.32 Å². The van der Waals surface area contributed by atoms with E-state index in [1.165, 1.54) is 55.4 Å². The number of benzene rings is 1. The van der Waals surface area contributed by atoms with E-state index < -0.39 is 0 Å². The average Bonchev–Trinajstić information content (AvgIpc) is 2.90. The van der Waals surface area contributed by atoms with E-state index in [1.54, 1.807) is 11.9 Å². The molecule has 0 aliphatic heterocycles. The Labute approximate surface area is 141 Å². The molecule has 1 saturated carbocycles. The third kappa shape index (κ3) is 5.00. The Morgan fingerprint density at radius 1 is 1.23 bits per heavy atom. The van der Waals surface area contributed by atoms with E-state index in [9.17, 15) is 0 Å². The monoisotopic (exact) mass is 320 g/mol. The molecule has 1 aromatic carbocycles. The standard InChI is InChI=1S/C19H32N2S/c1-4-10-19(11-5-2)12-9-17(14-19)21-15-16-7-6-8-18(13-16)22-20-3/h6-8,13,17,20-21H,4-5,9-12,14-15H2,1-3H3. The second-order valence-corrected chi connectivity index (χ2v) is 7.86. The Bertz CT molecular complexity index is 441. The summed E-state index contributed by atoms with van der Waals surface area (Å²) in [5.74, 6) is 0. The predicted octanol–water partition coefficient (Wildman–Crippen LogP) is 5.14. The molecule has 0 aromatic heterocycles. The van der Waals surface area contributed by atoms with Crippen molar-refractivity contribution >= 4 is 11.9 Å². The molecule has 1 aromatic rings. The van der Waals surface area contributed by atoms with Gasteiger partial charge in [-0.1, -0.05) is 38.8 Å². The van der Waals surface area contributed by atoms with Crippen LogP contribution in [0.15, 0.2) is 29.2 Å². The van der Waals surface area contributed by atoms with Gasteiger partial charge in [0.25, 0.3) is 0 Å². The van der Waals surface area contributed by atoms with Gasteiger partial charge in [-0.05, 0) is 74.2 Å². The van der Waals surface area contributed by atoms with Crippen LogP contribution < -0.4 is 10.0 Å². The van der Waals surface area contributed by atoms with Crippen molar-refractivity contribution in [3.05, 3.63) is 29.8 Å². The van der Waals surface area contributed by atoms with Gasteiger partial charge >= 0.3 is 0 Å². The van der Waals surface area contributed by atoms with E-state index in [4.69, 9.17) is 0 Å². The fourth-order valence-electron chi connectivity index (χ4n) is 4.12. The summed E-state index contributed by atoms with van der Waals surface area (Å²) in [7, 11) is 1.97. The highest BCUT2D eigenvalue weighted by Crippen LogP contribution is 2.45. The summed E-state index contributed by atoms with van der Waals surface area (Å²) >= 11 is 1.68. The van der Waals surface area contributed by atoms with Crippen molar-refractivity contribution in [1.82, 2.24) is 10.0 Å². The third-order valence-corrected chi connectivity index (χ3v) is 5.67. The van der Waals surface area contributed by atoms with Gasteiger partial charge in [-0.3, -0.25) is 4.72 Å². The minimum atomic E-state index is 0.630. The van der Waals surface area contributed by atoms with E-state index >= 15 is 0 Å². The molecule has 0 spiro atoms. The van der Waals surface area contributed by atoms with Crippen LogP contribution in [0, 0.1) is 5.41 Å². The first kappa shape index (κ1) is 17.8. The van der Waals surface area contributed by atoms with E-state index in [0.717, 1.165) is 6.54 Å². The molecule has 1 fully saturated rings. The molecule has 2 rings (SSSR count). The van der Waals surface area contributed by atoms with Gasteiger partial charge in [-0.15, -0.1) is 0 Å². The van der Waals surface area contributed by atoms with Crippen molar-refractivity contribution in [2.45, 2.75) is 76.3 Å². The van der Waals surface area contributed by atoms with Crippen LogP contribution in [0.3, 0.4) is 0 Å². The SMILES string of the molecule is CCCC1(CCC)CCC(NCc2cccc(SNC)c2)C1. The van der Waals surface area contributed by atoms with Crippen LogP contribution in [0.5, 0.6) is 0 Å². The molecule has 1 aliphatic rings. The van der Waals surface area contributed by atoms with Gasteiger partial charge in [0, 0.05) is 17.5 Å². The molecule has 0 saturated heterocycles. The molecule has 0 bridgehead atoms. The minimum absolute atomic E-state index is 0.630. The molecule has 2 nitrogen and oxygen atoms in total. The lowest BCUT2D eigenvalue weighted by Crippen LogP contribution is -2.28. The van der Waals surface area contributed by atoms with Gasteiger partial charge in [0.15, 0.2) is 0 Å². The van der Waals surface area contributed by atoms with Crippen LogP contribution in [-0.2, 0) is 6.54 Å². The third-order valence-electron chi connectivity index (χ3n) is 4.98. The summed E-state index contributed by atoms with van der Waals surface area (Å²) in [5.41, 5.74) is 2.02. The van der Waals surface area contributed by atoms with Gasteiger partial charge in [0.1, 0.15) is 0 Å². The molecule has 0 radical (unpaired) electrons.